The third-order valence-electron chi connectivity index (χ3n) is 3.85. The summed E-state index contributed by atoms with van der Waals surface area (Å²) in [4.78, 5) is 0.283. The maximum atomic E-state index is 12.4. The Balaban J connectivity index is 1.96. The molecule has 0 saturated heterocycles. The molecule has 0 aliphatic heterocycles. The van der Waals surface area contributed by atoms with Crippen LogP contribution in [-0.4, -0.2) is 14.5 Å². The summed E-state index contributed by atoms with van der Waals surface area (Å²) < 4.78 is 27.5. The van der Waals surface area contributed by atoms with E-state index < -0.39 is 10.0 Å². The van der Waals surface area contributed by atoms with Gasteiger partial charge in [0, 0.05) is 6.04 Å². The van der Waals surface area contributed by atoms with Crippen molar-refractivity contribution in [1.29, 1.82) is 0 Å². The molecular weight excluding hydrogens is 306 g/mol. The Bertz CT molecular complexity index is 750. The fourth-order valence-corrected chi connectivity index (χ4v) is 3.53. The summed E-state index contributed by atoms with van der Waals surface area (Å²) in [5.74, 6) is 0. The highest BCUT2D eigenvalue weighted by molar-refractivity contribution is 7.89. The molecule has 0 amide bonds. The smallest absolute Gasteiger partial charge is 0.207 e. The van der Waals surface area contributed by atoms with Crippen LogP contribution in [0.3, 0.4) is 0 Å². The van der Waals surface area contributed by atoms with Crippen molar-refractivity contribution in [2.45, 2.75) is 37.6 Å². The van der Waals surface area contributed by atoms with E-state index in [0.29, 0.717) is 0 Å². The van der Waals surface area contributed by atoms with Crippen LogP contribution in [0, 0.1) is 6.92 Å². The zero-order chi connectivity index (χ0) is 16.9. The van der Waals surface area contributed by atoms with Crippen LogP contribution in [0.15, 0.2) is 71.6 Å². The molecule has 1 unspecified atom stereocenters. The SMILES string of the molecule is C=C(CCc1ccccc1)C(C)NS(=O)(=O)c1ccc(C)cc1. The highest BCUT2D eigenvalue weighted by atomic mass is 32.2. The Morgan fingerprint density at radius 2 is 1.70 bits per heavy atom. The van der Waals surface area contributed by atoms with E-state index in [0.717, 1.165) is 24.0 Å². The molecule has 0 bridgehead atoms. The summed E-state index contributed by atoms with van der Waals surface area (Å²) in [5.41, 5.74) is 3.14. The van der Waals surface area contributed by atoms with Gasteiger partial charge in [-0.15, -0.1) is 0 Å². The van der Waals surface area contributed by atoms with Crippen LogP contribution in [0.4, 0.5) is 0 Å². The maximum Gasteiger partial charge on any atom is 0.241 e. The van der Waals surface area contributed by atoms with E-state index in [1.807, 2.05) is 32.0 Å². The third kappa shape index (κ3) is 5.05. The van der Waals surface area contributed by atoms with Crippen molar-refractivity contribution in [1.82, 2.24) is 4.72 Å². The first kappa shape index (κ1) is 17.4. The summed E-state index contributed by atoms with van der Waals surface area (Å²) in [6.07, 6.45) is 1.61. The molecule has 3 nitrogen and oxygen atoms in total. The van der Waals surface area contributed by atoms with E-state index in [4.69, 9.17) is 0 Å². The van der Waals surface area contributed by atoms with Gasteiger partial charge in [0.15, 0.2) is 0 Å². The molecule has 0 radical (unpaired) electrons. The van der Waals surface area contributed by atoms with Crippen LogP contribution < -0.4 is 4.72 Å². The minimum absolute atomic E-state index is 0.283. The van der Waals surface area contributed by atoms with E-state index in [9.17, 15) is 8.42 Å². The van der Waals surface area contributed by atoms with Gasteiger partial charge in [-0.2, -0.15) is 0 Å². The highest BCUT2D eigenvalue weighted by Crippen LogP contribution is 2.15. The summed E-state index contributed by atoms with van der Waals surface area (Å²) >= 11 is 0. The van der Waals surface area contributed by atoms with Gasteiger partial charge < -0.3 is 0 Å². The molecule has 1 atom stereocenters. The lowest BCUT2D eigenvalue weighted by atomic mass is 10.0. The van der Waals surface area contributed by atoms with Crippen LogP contribution in [0.1, 0.15) is 24.5 Å². The zero-order valence-corrected chi connectivity index (χ0v) is 14.4. The van der Waals surface area contributed by atoms with Crippen LogP contribution in [-0.2, 0) is 16.4 Å². The van der Waals surface area contributed by atoms with Gasteiger partial charge in [-0.05, 0) is 44.4 Å². The molecule has 0 aliphatic carbocycles. The van der Waals surface area contributed by atoms with Gasteiger partial charge >= 0.3 is 0 Å². The topological polar surface area (TPSA) is 46.2 Å². The summed E-state index contributed by atoms with van der Waals surface area (Å²) in [5, 5.41) is 0. The van der Waals surface area contributed by atoms with E-state index in [1.165, 1.54) is 5.56 Å². The van der Waals surface area contributed by atoms with Gasteiger partial charge in [0.05, 0.1) is 4.90 Å². The third-order valence-corrected chi connectivity index (χ3v) is 5.41. The van der Waals surface area contributed by atoms with Gasteiger partial charge in [0.1, 0.15) is 0 Å². The normalized spacial score (nSPS) is 12.8. The molecule has 2 rings (SSSR count). The second-order valence-electron chi connectivity index (χ2n) is 5.80. The molecule has 122 valence electrons. The molecule has 23 heavy (non-hydrogen) atoms. The minimum atomic E-state index is -3.52. The predicted molar refractivity (Wildman–Crippen MR) is 94.9 cm³/mol. The molecule has 1 N–H and O–H groups in total. The van der Waals surface area contributed by atoms with E-state index in [2.05, 4.69) is 23.4 Å². The van der Waals surface area contributed by atoms with Crippen LogP contribution in [0.2, 0.25) is 0 Å². The molecule has 0 fully saturated rings. The number of nitrogens with one attached hydrogen (secondary N) is 1. The number of sulfonamides is 1. The van der Waals surface area contributed by atoms with Crippen molar-refractivity contribution >= 4 is 10.0 Å². The number of hydrogen-bond acceptors (Lipinski definition) is 2. The molecule has 0 aliphatic rings. The summed E-state index contributed by atoms with van der Waals surface area (Å²) in [6, 6.07) is 16.6. The van der Waals surface area contributed by atoms with E-state index >= 15 is 0 Å². The fraction of sp³-hybridized carbons (Fsp3) is 0.263. The standard InChI is InChI=1S/C19H23NO2S/c1-15-9-13-19(14-10-15)23(21,22)20-17(3)16(2)11-12-18-7-5-4-6-8-18/h4-10,13-14,17,20H,2,11-12H2,1,3H3. The Morgan fingerprint density at radius 1 is 1.09 bits per heavy atom. The molecule has 2 aromatic rings. The predicted octanol–water partition coefficient (Wildman–Crippen LogP) is 3.85. The first-order chi connectivity index (χ1) is 10.9. The van der Waals surface area contributed by atoms with Crippen LogP contribution >= 0.6 is 0 Å². The lowest BCUT2D eigenvalue weighted by Gasteiger charge is -2.17. The second kappa shape index (κ2) is 7.57. The first-order valence-electron chi connectivity index (χ1n) is 7.69. The number of benzene rings is 2. The summed E-state index contributed by atoms with van der Waals surface area (Å²) in [7, 11) is -3.52. The average molecular weight is 329 g/mol. The van der Waals surface area contributed by atoms with Crippen LogP contribution in [0.5, 0.6) is 0 Å². The second-order valence-corrected chi connectivity index (χ2v) is 7.51. The van der Waals surface area contributed by atoms with Gasteiger partial charge in [0.25, 0.3) is 0 Å². The highest BCUT2D eigenvalue weighted by Gasteiger charge is 2.18. The molecule has 0 heterocycles. The van der Waals surface area contributed by atoms with Crippen molar-refractivity contribution < 1.29 is 8.42 Å². The van der Waals surface area contributed by atoms with Crippen molar-refractivity contribution in [3.8, 4) is 0 Å². The fourth-order valence-electron chi connectivity index (χ4n) is 2.27. The monoisotopic (exact) mass is 329 g/mol. The lowest BCUT2D eigenvalue weighted by molar-refractivity contribution is 0.570. The number of aryl methyl sites for hydroxylation is 2. The van der Waals surface area contributed by atoms with E-state index in [1.54, 1.807) is 24.3 Å². The molecule has 2 aromatic carbocycles. The Morgan fingerprint density at radius 3 is 2.30 bits per heavy atom. The van der Waals surface area contributed by atoms with Crippen molar-refractivity contribution in [2.24, 2.45) is 0 Å². The van der Waals surface area contributed by atoms with Crippen molar-refractivity contribution in [3.05, 3.63) is 77.9 Å². The molecule has 4 heteroatoms. The Hall–Kier alpha value is -1.91. The first-order valence-corrected chi connectivity index (χ1v) is 9.17. The van der Waals surface area contributed by atoms with Gasteiger partial charge in [-0.25, -0.2) is 13.1 Å². The van der Waals surface area contributed by atoms with Crippen molar-refractivity contribution in [3.63, 3.8) is 0 Å². The quantitative estimate of drug-likeness (QED) is 0.784. The average Bonchev–Trinajstić information content (AvgIpc) is 2.53. The Labute approximate surface area is 139 Å². The molecule has 0 aromatic heterocycles. The van der Waals surface area contributed by atoms with Gasteiger partial charge in [0.2, 0.25) is 10.0 Å². The number of hydrogen-bond donors (Lipinski definition) is 1. The largest absolute Gasteiger partial charge is 0.241 e. The maximum absolute atomic E-state index is 12.4. The summed E-state index contributed by atoms with van der Waals surface area (Å²) in [6.45, 7) is 7.80. The van der Waals surface area contributed by atoms with E-state index in [-0.39, 0.29) is 10.9 Å². The van der Waals surface area contributed by atoms with Crippen LogP contribution in [0.25, 0.3) is 0 Å². The molecule has 0 saturated carbocycles. The lowest BCUT2D eigenvalue weighted by Crippen LogP contribution is -2.33. The van der Waals surface area contributed by atoms with Gasteiger partial charge in [-0.1, -0.05) is 60.2 Å². The number of rotatable bonds is 7. The van der Waals surface area contributed by atoms with Crippen molar-refractivity contribution in [2.75, 3.05) is 0 Å². The van der Waals surface area contributed by atoms with Gasteiger partial charge in [-0.3, -0.25) is 0 Å². The molecular formula is C19H23NO2S. The molecule has 0 spiro atoms. The zero-order valence-electron chi connectivity index (χ0n) is 13.6. The minimum Gasteiger partial charge on any atom is -0.207 e. The Kier molecular flexibility index (Phi) is 5.74.